The number of hydrogen-bond acceptors (Lipinski definition) is 3. The third-order valence-electron chi connectivity index (χ3n) is 4.51. The Morgan fingerprint density at radius 2 is 2.00 bits per heavy atom. The molecule has 2 atom stereocenters. The Bertz CT molecular complexity index is 640. The maximum Gasteiger partial charge on any atom is 0.416 e. The van der Waals surface area contributed by atoms with E-state index in [2.05, 4.69) is 5.32 Å². The van der Waals surface area contributed by atoms with E-state index in [0.29, 0.717) is 19.7 Å². The number of nitrogens with zero attached hydrogens (tertiary/aromatic N) is 1. The van der Waals surface area contributed by atoms with Gasteiger partial charge in [-0.15, -0.1) is 0 Å². The highest BCUT2D eigenvalue weighted by atomic mass is 19.4. The molecule has 0 saturated carbocycles. The zero-order chi connectivity index (χ0) is 18.0. The quantitative estimate of drug-likeness (QED) is 0.902. The number of carbonyl (C=O) groups is 2. The Hall–Kier alpha value is -2.09. The Balaban J connectivity index is 1.55. The summed E-state index contributed by atoms with van der Waals surface area (Å²) in [5.74, 6) is -0.956. The molecule has 8 heteroatoms. The molecule has 0 aliphatic carbocycles. The molecular weight excluding hydrogens is 337 g/mol. The van der Waals surface area contributed by atoms with Crippen LogP contribution in [0.15, 0.2) is 24.3 Å². The minimum atomic E-state index is -4.41. The molecule has 0 radical (unpaired) electrons. The standard InChI is InChI=1S/C17H19F3N2O3/c18-17(19,20)12-3-5-13(6-4-12)21-16(24)11-8-15(23)22(9-11)10-14-2-1-7-25-14/h3-6,11,14H,1-2,7-10H2,(H,21,24). The van der Waals surface area contributed by atoms with Crippen LogP contribution in [-0.2, 0) is 20.5 Å². The van der Waals surface area contributed by atoms with Gasteiger partial charge in [0.2, 0.25) is 11.8 Å². The lowest BCUT2D eigenvalue weighted by Crippen LogP contribution is -2.34. The van der Waals surface area contributed by atoms with Gasteiger partial charge in [-0.05, 0) is 37.1 Å². The van der Waals surface area contributed by atoms with E-state index in [0.717, 1.165) is 25.0 Å². The minimum Gasteiger partial charge on any atom is -0.376 e. The summed E-state index contributed by atoms with van der Waals surface area (Å²) in [5.41, 5.74) is -0.493. The van der Waals surface area contributed by atoms with Crippen molar-refractivity contribution in [3.63, 3.8) is 0 Å². The first-order chi connectivity index (χ1) is 11.8. The molecule has 25 heavy (non-hydrogen) atoms. The Kier molecular flexibility index (Phi) is 4.99. The number of anilines is 1. The lowest BCUT2D eigenvalue weighted by atomic mass is 10.1. The Labute approximate surface area is 143 Å². The van der Waals surface area contributed by atoms with Gasteiger partial charge in [0, 0.05) is 31.8 Å². The monoisotopic (exact) mass is 356 g/mol. The van der Waals surface area contributed by atoms with Gasteiger partial charge in [0.05, 0.1) is 17.6 Å². The third kappa shape index (κ3) is 4.31. The normalized spacial score (nSPS) is 24.0. The summed E-state index contributed by atoms with van der Waals surface area (Å²) < 4.78 is 43.1. The first-order valence-electron chi connectivity index (χ1n) is 8.20. The molecule has 0 spiro atoms. The van der Waals surface area contributed by atoms with Gasteiger partial charge in [-0.2, -0.15) is 13.2 Å². The number of benzene rings is 1. The highest BCUT2D eigenvalue weighted by molar-refractivity contribution is 5.97. The van der Waals surface area contributed by atoms with Gasteiger partial charge in [-0.25, -0.2) is 0 Å². The molecule has 2 fully saturated rings. The molecule has 2 aliphatic rings. The van der Waals surface area contributed by atoms with Gasteiger partial charge in [0.1, 0.15) is 0 Å². The fraction of sp³-hybridized carbons (Fsp3) is 0.529. The van der Waals surface area contributed by atoms with E-state index >= 15 is 0 Å². The van der Waals surface area contributed by atoms with Crippen LogP contribution in [0.1, 0.15) is 24.8 Å². The lowest BCUT2D eigenvalue weighted by Gasteiger charge is -2.20. The molecule has 2 saturated heterocycles. The van der Waals surface area contributed by atoms with Gasteiger partial charge in [-0.1, -0.05) is 0 Å². The average Bonchev–Trinajstić information content (AvgIpc) is 3.18. The SMILES string of the molecule is O=C(Nc1ccc(C(F)(F)F)cc1)C1CC(=O)N(CC2CCCO2)C1. The summed E-state index contributed by atoms with van der Waals surface area (Å²) in [5, 5.41) is 2.58. The average molecular weight is 356 g/mol. The molecule has 3 rings (SSSR count). The molecule has 1 aromatic rings. The maximum atomic E-state index is 12.5. The van der Waals surface area contributed by atoms with E-state index in [4.69, 9.17) is 4.74 Å². The number of rotatable bonds is 4. The van der Waals surface area contributed by atoms with Gasteiger partial charge < -0.3 is 15.0 Å². The van der Waals surface area contributed by atoms with Crippen LogP contribution in [0.3, 0.4) is 0 Å². The first kappa shape index (κ1) is 17.7. The van der Waals surface area contributed by atoms with Crippen LogP contribution in [0, 0.1) is 5.92 Å². The number of carbonyl (C=O) groups excluding carboxylic acids is 2. The van der Waals surface area contributed by atoms with Crippen molar-refractivity contribution in [3.8, 4) is 0 Å². The van der Waals surface area contributed by atoms with Crippen molar-refractivity contribution in [2.75, 3.05) is 25.0 Å². The van der Waals surface area contributed by atoms with Crippen molar-refractivity contribution >= 4 is 17.5 Å². The van der Waals surface area contributed by atoms with E-state index in [1.54, 1.807) is 4.90 Å². The van der Waals surface area contributed by atoms with E-state index in [1.807, 2.05) is 0 Å². The largest absolute Gasteiger partial charge is 0.416 e. The number of alkyl halides is 3. The number of ether oxygens (including phenoxy) is 1. The zero-order valence-corrected chi connectivity index (χ0v) is 13.5. The van der Waals surface area contributed by atoms with Crippen molar-refractivity contribution < 1.29 is 27.5 Å². The summed E-state index contributed by atoms with van der Waals surface area (Å²) in [4.78, 5) is 26.0. The van der Waals surface area contributed by atoms with Crippen LogP contribution in [0.4, 0.5) is 18.9 Å². The van der Waals surface area contributed by atoms with E-state index < -0.39 is 17.7 Å². The summed E-state index contributed by atoms with van der Waals surface area (Å²) in [7, 11) is 0. The van der Waals surface area contributed by atoms with Gasteiger partial charge in [0.25, 0.3) is 0 Å². The number of likely N-dealkylation sites (tertiary alicyclic amines) is 1. The number of nitrogens with one attached hydrogen (secondary N) is 1. The van der Waals surface area contributed by atoms with Crippen molar-refractivity contribution in [2.45, 2.75) is 31.5 Å². The van der Waals surface area contributed by atoms with Crippen LogP contribution in [-0.4, -0.2) is 42.5 Å². The van der Waals surface area contributed by atoms with Crippen molar-refractivity contribution in [1.29, 1.82) is 0 Å². The lowest BCUT2D eigenvalue weighted by molar-refractivity contribution is -0.137. The molecule has 0 bridgehead atoms. The Morgan fingerprint density at radius 1 is 1.28 bits per heavy atom. The molecular formula is C17H19F3N2O3. The van der Waals surface area contributed by atoms with Crippen LogP contribution in [0.25, 0.3) is 0 Å². The number of amides is 2. The maximum absolute atomic E-state index is 12.5. The summed E-state index contributed by atoms with van der Waals surface area (Å²) in [6.45, 7) is 1.50. The smallest absolute Gasteiger partial charge is 0.376 e. The first-order valence-corrected chi connectivity index (χ1v) is 8.20. The minimum absolute atomic E-state index is 0.0284. The second kappa shape index (κ2) is 7.03. The summed E-state index contributed by atoms with van der Waals surface area (Å²) in [6, 6.07) is 4.25. The number of hydrogen-bond donors (Lipinski definition) is 1. The topological polar surface area (TPSA) is 58.6 Å². The van der Waals surface area contributed by atoms with E-state index in [1.165, 1.54) is 12.1 Å². The van der Waals surface area contributed by atoms with E-state index in [-0.39, 0.29) is 30.0 Å². The highest BCUT2D eigenvalue weighted by Gasteiger charge is 2.36. The molecule has 2 unspecified atom stereocenters. The predicted molar refractivity (Wildman–Crippen MR) is 83.7 cm³/mol. The fourth-order valence-corrected chi connectivity index (χ4v) is 3.15. The second-order valence-electron chi connectivity index (χ2n) is 6.40. The molecule has 0 aromatic heterocycles. The number of halogens is 3. The molecule has 136 valence electrons. The predicted octanol–water partition coefficient (Wildman–Crippen LogP) is 2.67. The van der Waals surface area contributed by atoms with Crippen molar-refractivity contribution in [3.05, 3.63) is 29.8 Å². The van der Waals surface area contributed by atoms with E-state index in [9.17, 15) is 22.8 Å². The second-order valence-corrected chi connectivity index (χ2v) is 6.40. The summed E-state index contributed by atoms with van der Waals surface area (Å²) >= 11 is 0. The van der Waals surface area contributed by atoms with Crippen molar-refractivity contribution in [2.24, 2.45) is 5.92 Å². The molecule has 2 amide bonds. The van der Waals surface area contributed by atoms with Crippen LogP contribution >= 0.6 is 0 Å². The Morgan fingerprint density at radius 3 is 2.60 bits per heavy atom. The summed E-state index contributed by atoms with van der Waals surface area (Å²) in [6.07, 6.45) is -2.39. The van der Waals surface area contributed by atoms with Crippen LogP contribution < -0.4 is 5.32 Å². The van der Waals surface area contributed by atoms with Gasteiger partial charge in [-0.3, -0.25) is 9.59 Å². The van der Waals surface area contributed by atoms with Gasteiger partial charge in [0.15, 0.2) is 0 Å². The third-order valence-corrected chi connectivity index (χ3v) is 4.51. The van der Waals surface area contributed by atoms with Crippen LogP contribution in [0.2, 0.25) is 0 Å². The zero-order valence-electron chi connectivity index (χ0n) is 13.5. The molecule has 5 nitrogen and oxygen atoms in total. The highest BCUT2D eigenvalue weighted by Crippen LogP contribution is 2.30. The molecule has 1 N–H and O–H groups in total. The van der Waals surface area contributed by atoms with Crippen LogP contribution in [0.5, 0.6) is 0 Å². The molecule has 2 heterocycles. The molecule has 2 aliphatic heterocycles. The fourth-order valence-electron chi connectivity index (χ4n) is 3.15. The van der Waals surface area contributed by atoms with Gasteiger partial charge >= 0.3 is 6.18 Å². The van der Waals surface area contributed by atoms with Crippen molar-refractivity contribution in [1.82, 2.24) is 4.90 Å². The molecule has 1 aromatic carbocycles.